The van der Waals surface area contributed by atoms with E-state index in [2.05, 4.69) is 10.2 Å². The number of nitrogens with one attached hydrogen (secondary N) is 1. The molecular weight excluding hydrogens is 212 g/mol. The van der Waals surface area contributed by atoms with Gasteiger partial charge in [0, 0.05) is 19.0 Å². The van der Waals surface area contributed by atoms with Gasteiger partial charge in [-0.15, -0.1) is 0 Å². The minimum Gasteiger partial charge on any atom is -0.339 e. The Morgan fingerprint density at radius 2 is 2.00 bits per heavy atom. The van der Waals surface area contributed by atoms with Crippen LogP contribution in [0.3, 0.4) is 0 Å². The number of carbonyl (C=O) groups excluding carboxylic acids is 1. The van der Waals surface area contributed by atoms with Gasteiger partial charge in [-0.25, -0.2) is 0 Å². The van der Waals surface area contributed by atoms with Crippen LogP contribution < -0.4 is 5.32 Å². The largest absolute Gasteiger partial charge is 0.339 e. The quantitative estimate of drug-likeness (QED) is 0.761. The predicted molar refractivity (Wildman–Crippen MR) is 69.9 cm³/mol. The van der Waals surface area contributed by atoms with E-state index in [1.54, 1.807) is 0 Å². The number of nitrogens with zero attached hydrogens (tertiary/aromatic N) is 1. The molecule has 3 nitrogen and oxygen atoms in total. The number of hydrogen-bond donors (Lipinski definition) is 1. The third-order valence-electron chi connectivity index (χ3n) is 4.38. The molecule has 2 fully saturated rings. The summed E-state index contributed by atoms with van der Waals surface area (Å²) in [6.45, 7) is 1.97. The second-order valence-corrected chi connectivity index (χ2v) is 5.55. The predicted octanol–water partition coefficient (Wildman–Crippen LogP) is 2.17. The summed E-state index contributed by atoms with van der Waals surface area (Å²) in [5, 5.41) is 3.11. The van der Waals surface area contributed by atoms with Crippen molar-refractivity contribution in [2.75, 3.05) is 20.1 Å². The van der Waals surface area contributed by atoms with Gasteiger partial charge >= 0.3 is 0 Å². The number of likely N-dealkylation sites (tertiary alicyclic amines) is 1. The van der Waals surface area contributed by atoms with E-state index in [-0.39, 0.29) is 0 Å². The molecule has 0 aromatic heterocycles. The van der Waals surface area contributed by atoms with Crippen LogP contribution in [0.15, 0.2) is 0 Å². The van der Waals surface area contributed by atoms with E-state index in [1.807, 2.05) is 7.05 Å². The zero-order valence-corrected chi connectivity index (χ0v) is 11.1. The molecular formula is C14H26N2O. The molecule has 98 valence electrons. The maximum Gasteiger partial charge on any atom is 0.222 e. The molecule has 0 radical (unpaired) electrons. The fourth-order valence-electron chi connectivity index (χ4n) is 3.49. The van der Waals surface area contributed by atoms with Gasteiger partial charge in [-0.3, -0.25) is 4.79 Å². The van der Waals surface area contributed by atoms with Crippen molar-refractivity contribution in [2.45, 2.75) is 57.4 Å². The van der Waals surface area contributed by atoms with Crippen molar-refractivity contribution in [3.05, 3.63) is 0 Å². The summed E-state index contributed by atoms with van der Waals surface area (Å²) in [6, 6.07) is 0.583. The molecule has 2 atom stereocenters. The van der Waals surface area contributed by atoms with E-state index in [9.17, 15) is 4.79 Å². The van der Waals surface area contributed by atoms with E-state index < -0.39 is 0 Å². The van der Waals surface area contributed by atoms with Gasteiger partial charge in [0.05, 0.1) is 0 Å². The summed E-state index contributed by atoms with van der Waals surface area (Å²) < 4.78 is 0. The topological polar surface area (TPSA) is 32.3 Å². The highest BCUT2D eigenvalue weighted by molar-refractivity contribution is 5.76. The van der Waals surface area contributed by atoms with Crippen LogP contribution in [-0.2, 0) is 4.79 Å². The molecule has 2 rings (SSSR count). The van der Waals surface area contributed by atoms with Crippen LogP contribution >= 0.6 is 0 Å². The number of amides is 1. The van der Waals surface area contributed by atoms with Crippen molar-refractivity contribution in [1.82, 2.24) is 10.2 Å². The molecule has 1 saturated heterocycles. The van der Waals surface area contributed by atoms with Gasteiger partial charge in [0.1, 0.15) is 0 Å². The molecule has 0 bridgehead atoms. The lowest BCUT2D eigenvalue weighted by atomic mass is 9.78. The van der Waals surface area contributed by atoms with Gasteiger partial charge in [-0.1, -0.05) is 12.8 Å². The third-order valence-corrected chi connectivity index (χ3v) is 4.38. The summed E-state index contributed by atoms with van der Waals surface area (Å²) in [5.74, 6) is 1.21. The maximum atomic E-state index is 12.2. The van der Waals surface area contributed by atoms with Crippen molar-refractivity contribution < 1.29 is 4.79 Å². The highest BCUT2D eigenvalue weighted by atomic mass is 16.2. The van der Waals surface area contributed by atoms with Crippen molar-refractivity contribution in [3.8, 4) is 0 Å². The van der Waals surface area contributed by atoms with Gasteiger partial charge in [0.25, 0.3) is 0 Å². The average Bonchev–Trinajstić information content (AvgIpc) is 2.38. The normalized spacial score (nSPS) is 28.9. The van der Waals surface area contributed by atoms with Crippen molar-refractivity contribution in [2.24, 2.45) is 5.92 Å². The minimum atomic E-state index is 0.400. The van der Waals surface area contributed by atoms with E-state index in [4.69, 9.17) is 0 Å². The van der Waals surface area contributed by atoms with E-state index in [0.717, 1.165) is 31.8 Å². The molecule has 3 heteroatoms. The maximum absolute atomic E-state index is 12.2. The third kappa shape index (κ3) is 3.21. The number of rotatable bonds is 4. The monoisotopic (exact) mass is 238 g/mol. The van der Waals surface area contributed by atoms with E-state index in [1.165, 1.54) is 38.5 Å². The molecule has 1 amide bonds. The molecule has 0 spiro atoms. The summed E-state index contributed by atoms with van der Waals surface area (Å²) >= 11 is 0. The van der Waals surface area contributed by atoms with E-state index >= 15 is 0 Å². The summed E-state index contributed by atoms with van der Waals surface area (Å²) in [5.41, 5.74) is 0. The molecule has 2 unspecified atom stereocenters. The number of fused-ring (bicyclic) bond motifs is 1. The lowest BCUT2D eigenvalue weighted by molar-refractivity contribution is -0.137. The van der Waals surface area contributed by atoms with Crippen LogP contribution in [0.25, 0.3) is 0 Å². The van der Waals surface area contributed by atoms with Crippen LogP contribution in [0.2, 0.25) is 0 Å². The summed E-state index contributed by atoms with van der Waals surface area (Å²) in [7, 11) is 1.95. The number of hydrogen-bond acceptors (Lipinski definition) is 2. The zero-order chi connectivity index (χ0) is 12.1. The Kier molecular flexibility index (Phi) is 4.84. The Morgan fingerprint density at radius 3 is 2.82 bits per heavy atom. The number of piperidine rings is 1. The van der Waals surface area contributed by atoms with Crippen LogP contribution in [0.5, 0.6) is 0 Å². The summed E-state index contributed by atoms with van der Waals surface area (Å²) in [6.07, 6.45) is 9.58. The zero-order valence-electron chi connectivity index (χ0n) is 11.1. The highest BCUT2D eigenvalue weighted by Crippen LogP contribution is 2.35. The lowest BCUT2D eigenvalue weighted by Crippen LogP contribution is -2.49. The Hall–Kier alpha value is -0.570. The molecule has 1 heterocycles. The fraction of sp³-hybridized carbons (Fsp3) is 0.929. The molecule has 17 heavy (non-hydrogen) atoms. The van der Waals surface area contributed by atoms with Gasteiger partial charge in [-0.05, 0) is 51.6 Å². The SMILES string of the molecule is CNCCCC(=O)N1CCCC2CCCCC21. The lowest BCUT2D eigenvalue weighted by Gasteiger charge is -2.44. The second kappa shape index (κ2) is 6.39. The van der Waals surface area contributed by atoms with Crippen molar-refractivity contribution in [3.63, 3.8) is 0 Å². The minimum absolute atomic E-state index is 0.400. The van der Waals surface area contributed by atoms with Crippen LogP contribution in [-0.4, -0.2) is 37.0 Å². The van der Waals surface area contributed by atoms with Crippen LogP contribution in [0, 0.1) is 5.92 Å². The molecule has 1 saturated carbocycles. The molecule has 1 aliphatic heterocycles. The first-order valence-electron chi connectivity index (χ1n) is 7.27. The molecule has 0 aromatic rings. The highest BCUT2D eigenvalue weighted by Gasteiger charge is 2.35. The van der Waals surface area contributed by atoms with Crippen molar-refractivity contribution >= 4 is 5.91 Å². The molecule has 2 aliphatic rings. The number of carbonyl (C=O) groups is 1. The fourth-order valence-corrected chi connectivity index (χ4v) is 3.49. The van der Waals surface area contributed by atoms with Gasteiger partial charge < -0.3 is 10.2 Å². The van der Waals surface area contributed by atoms with Crippen LogP contribution in [0.1, 0.15) is 51.4 Å². The Morgan fingerprint density at radius 1 is 1.24 bits per heavy atom. The standard InChI is InChI=1S/C14H26N2O/c1-15-10-4-9-14(17)16-11-5-7-12-6-2-3-8-13(12)16/h12-13,15H,2-11H2,1H3. The van der Waals surface area contributed by atoms with Gasteiger partial charge in [0.2, 0.25) is 5.91 Å². The first kappa shape index (κ1) is 12.9. The van der Waals surface area contributed by atoms with Crippen molar-refractivity contribution in [1.29, 1.82) is 0 Å². The Balaban J connectivity index is 1.87. The first-order chi connectivity index (χ1) is 8.33. The first-order valence-corrected chi connectivity index (χ1v) is 7.27. The summed E-state index contributed by atoms with van der Waals surface area (Å²) in [4.78, 5) is 14.4. The average molecular weight is 238 g/mol. The molecule has 0 aromatic carbocycles. The van der Waals surface area contributed by atoms with Crippen LogP contribution in [0.4, 0.5) is 0 Å². The molecule has 1 N–H and O–H groups in total. The Labute approximate surface area is 105 Å². The van der Waals surface area contributed by atoms with Gasteiger partial charge in [-0.2, -0.15) is 0 Å². The smallest absolute Gasteiger partial charge is 0.222 e. The van der Waals surface area contributed by atoms with E-state index in [0.29, 0.717) is 11.9 Å². The Bertz CT molecular complexity index is 253. The van der Waals surface area contributed by atoms with Gasteiger partial charge in [0.15, 0.2) is 0 Å². The molecule has 1 aliphatic carbocycles. The second-order valence-electron chi connectivity index (χ2n) is 5.55.